The second kappa shape index (κ2) is 9.37. The first kappa shape index (κ1) is 22.4. The van der Waals surface area contributed by atoms with Crippen molar-refractivity contribution in [3.05, 3.63) is 52.6 Å². The van der Waals surface area contributed by atoms with E-state index >= 15 is 0 Å². The van der Waals surface area contributed by atoms with Gasteiger partial charge in [-0.05, 0) is 43.2 Å². The highest BCUT2D eigenvalue weighted by Gasteiger charge is 2.27. The average Bonchev–Trinajstić information content (AvgIpc) is 3.44. The third-order valence-corrected chi connectivity index (χ3v) is 5.80. The number of carbonyl (C=O) groups is 3. The smallest absolute Gasteiger partial charge is 0.273 e. The Hall–Kier alpha value is -3.79. The fourth-order valence-electron chi connectivity index (χ4n) is 3.29. The Morgan fingerprint density at radius 3 is 2.79 bits per heavy atom. The van der Waals surface area contributed by atoms with Gasteiger partial charge in [-0.3, -0.25) is 19.7 Å². The number of nitrogens with one attached hydrogen (secondary N) is 2. The number of carbonyl (C=O) groups excluding carboxylic acids is 3. The van der Waals surface area contributed by atoms with Crippen LogP contribution in [0.15, 0.2) is 45.2 Å². The SMILES string of the molecule is CC(=O)NCc1ccc(-c2csc(NC(=O)C3=NN(c4cc(C)ccc4C)C(=O)CC3)n2)o1. The Morgan fingerprint density at radius 1 is 1.18 bits per heavy atom. The summed E-state index contributed by atoms with van der Waals surface area (Å²) >= 11 is 1.26. The van der Waals surface area contributed by atoms with E-state index in [0.29, 0.717) is 34.6 Å². The highest BCUT2D eigenvalue weighted by atomic mass is 32.1. The van der Waals surface area contributed by atoms with Gasteiger partial charge < -0.3 is 9.73 Å². The molecule has 3 heterocycles. The van der Waals surface area contributed by atoms with Gasteiger partial charge in [0.05, 0.1) is 12.2 Å². The summed E-state index contributed by atoms with van der Waals surface area (Å²) in [6.45, 7) is 5.57. The van der Waals surface area contributed by atoms with Crippen molar-refractivity contribution in [2.75, 3.05) is 10.3 Å². The average molecular weight is 466 g/mol. The predicted octanol–water partition coefficient (Wildman–Crippen LogP) is 3.78. The Balaban J connectivity index is 1.47. The van der Waals surface area contributed by atoms with E-state index in [0.717, 1.165) is 11.1 Å². The van der Waals surface area contributed by atoms with Crippen LogP contribution in [0, 0.1) is 13.8 Å². The molecule has 0 atom stereocenters. The van der Waals surface area contributed by atoms with Crippen LogP contribution in [0.4, 0.5) is 10.8 Å². The van der Waals surface area contributed by atoms with Crippen LogP contribution in [0.2, 0.25) is 0 Å². The number of nitrogens with zero attached hydrogens (tertiary/aromatic N) is 3. The van der Waals surface area contributed by atoms with E-state index in [2.05, 4.69) is 20.7 Å². The van der Waals surface area contributed by atoms with E-state index in [1.807, 2.05) is 32.0 Å². The summed E-state index contributed by atoms with van der Waals surface area (Å²) < 4.78 is 5.70. The molecule has 1 aliphatic heterocycles. The lowest BCUT2D eigenvalue weighted by Gasteiger charge is -2.24. The van der Waals surface area contributed by atoms with Crippen molar-refractivity contribution < 1.29 is 18.8 Å². The molecule has 3 aromatic rings. The Kier molecular flexibility index (Phi) is 6.36. The molecule has 1 aromatic carbocycles. The Morgan fingerprint density at radius 2 is 2.00 bits per heavy atom. The van der Waals surface area contributed by atoms with Crippen LogP contribution in [0.3, 0.4) is 0 Å². The molecule has 0 aliphatic carbocycles. The van der Waals surface area contributed by atoms with E-state index in [-0.39, 0.29) is 30.4 Å². The first-order valence-electron chi connectivity index (χ1n) is 10.4. The normalized spacial score (nSPS) is 13.6. The molecule has 10 heteroatoms. The van der Waals surface area contributed by atoms with E-state index < -0.39 is 5.91 Å². The van der Waals surface area contributed by atoms with Gasteiger partial charge in [-0.2, -0.15) is 5.10 Å². The van der Waals surface area contributed by atoms with E-state index in [4.69, 9.17) is 4.42 Å². The van der Waals surface area contributed by atoms with Crippen molar-refractivity contribution in [2.24, 2.45) is 5.10 Å². The molecule has 0 radical (unpaired) electrons. The minimum Gasteiger partial charge on any atom is -0.458 e. The highest BCUT2D eigenvalue weighted by Crippen LogP contribution is 2.28. The molecule has 2 aromatic heterocycles. The number of anilines is 2. The second-order valence-corrected chi connectivity index (χ2v) is 8.57. The minimum absolute atomic E-state index is 0.143. The fraction of sp³-hybridized carbons (Fsp3) is 0.261. The maximum Gasteiger partial charge on any atom is 0.273 e. The van der Waals surface area contributed by atoms with Crippen molar-refractivity contribution in [3.8, 4) is 11.5 Å². The van der Waals surface area contributed by atoms with Gasteiger partial charge >= 0.3 is 0 Å². The minimum atomic E-state index is -0.399. The molecule has 0 spiro atoms. The lowest BCUT2D eigenvalue weighted by atomic mass is 10.1. The standard InChI is InChI=1S/C23H23N5O4S/c1-13-4-5-14(2)19(10-13)28-21(30)9-7-17(27-28)22(31)26-23-25-18(12-33-23)20-8-6-16(32-20)11-24-15(3)29/h4-6,8,10,12H,7,9,11H2,1-3H3,(H,24,29)(H,25,26,31). The number of rotatable bonds is 6. The molecule has 0 fully saturated rings. The number of hydrogen-bond donors (Lipinski definition) is 2. The maximum absolute atomic E-state index is 12.8. The van der Waals surface area contributed by atoms with Crippen LogP contribution >= 0.6 is 11.3 Å². The quantitative estimate of drug-likeness (QED) is 0.575. The summed E-state index contributed by atoms with van der Waals surface area (Å²) in [5.74, 6) is 0.449. The molecular weight excluding hydrogens is 442 g/mol. The molecule has 0 unspecified atom stereocenters. The number of aromatic nitrogens is 1. The molecule has 33 heavy (non-hydrogen) atoms. The molecule has 0 saturated heterocycles. The van der Waals surface area contributed by atoms with Crippen molar-refractivity contribution >= 4 is 45.6 Å². The molecule has 9 nitrogen and oxygen atoms in total. The van der Waals surface area contributed by atoms with Gasteiger partial charge in [-0.1, -0.05) is 12.1 Å². The third-order valence-electron chi connectivity index (χ3n) is 5.04. The van der Waals surface area contributed by atoms with Crippen molar-refractivity contribution in [3.63, 3.8) is 0 Å². The third kappa shape index (κ3) is 5.17. The van der Waals surface area contributed by atoms with Crippen molar-refractivity contribution in [1.29, 1.82) is 0 Å². The number of amides is 3. The van der Waals surface area contributed by atoms with Gasteiger partial charge in [0.2, 0.25) is 11.8 Å². The summed E-state index contributed by atoms with van der Waals surface area (Å²) in [7, 11) is 0. The van der Waals surface area contributed by atoms with Crippen LogP contribution in [0.25, 0.3) is 11.5 Å². The second-order valence-electron chi connectivity index (χ2n) is 7.71. The zero-order valence-corrected chi connectivity index (χ0v) is 19.3. The topological polar surface area (TPSA) is 117 Å². The van der Waals surface area contributed by atoms with Crippen LogP contribution in [-0.2, 0) is 20.9 Å². The number of hydrazone groups is 1. The van der Waals surface area contributed by atoms with E-state index in [9.17, 15) is 14.4 Å². The molecule has 3 amide bonds. The van der Waals surface area contributed by atoms with Gasteiger partial charge in [-0.15, -0.1) is 11.3 Å². The highest BCUT2D eigenvalue weighted by molar-refractivity contribution is 7.14. The maximum atomic E-state index is 12.8. The zero-order valence-electron chi connectivity index (χ0n) is 18.5. The number of hydrogen-bond acceptors (Lipinski definition) is 7. The lowest BCUT2D eigenvalue weighted by molar-refractivity contribution is -0.120. The van der Waals surface area contributed by atoms with Crippen LogP contribution in [0.5, 0.6) is 0 Å². The molecule has 170 valence electrons. The summed E-state index contributed by atoms with van der Waals surface area (Å²) in [6, 6.07) is 9.30. The molecule has 1 aliphatic rings. The summed E-state index contributed by atoms with van der Waals surface area (Å²) in [4.78, 5) is 40.8. The van der Waals surface area contributed by atoms with Gasteiger partial charge in [-0.25, -0.2) is 9.99 Å². The lowest BCUT2D eigenvalue weighted by Crippen LogP contribution is -2.36. The van der Waals surface area contributed by atoms with Crippen molar-refractivity contribution in [2.45, 2.75) is 40.2 Å². The first-order valence-corrected chi connectivity index (χ1v) is 11.3. The van der Waals surface area contributed by atoms with E-state index in [1.165, 1.54) is 23.3 Å². The first-order chi connectivity index (χ1) is 15.8. The van der Waals surface area contributed by atoms with E-state index in [1.54, 1.807) is 17.5 Å². The van der Waals surface area contributed by atoms with Crippen LogP contribution < -0.4 is 15.6 Å². The molecule has 0 bridgehead atoms. The monoisotopic (exact) mass is 465 g/mol. The summed E-state index contributed by atoms with van der Waals surface area (Å²) in [6.07, 6.45) is 0.460. The number of furan rings is 1. The van der Waals surface area contributed by atoms with Gasteiger partial charge in [0.15, 0.2) is 10.9 Å². The van der Waals surface area contributed by atoms with Crippen LogP contribution in [0.1, 0.15) is 36.7 Å². The Labute approximate surface area is 194 Å². The number of thiazole rings is 1. The van der Waals surface area contributed by atoms with Gasteiger partial charge in [0.25, 0.3) is 5.91 Å². The zero-order chi connectivity index (χ0) is 23.5. The summed E-state index contributed by atoms with van der Waals surface area (Å²) in [5, 5.41) is 13.3. The number of aryl methyl sites for hydroxylation is 2. The molecule has 2 N–H and O–H groups in total. The van der Waals surface area contributed by atoms with Crippen LogP contribution in [-0.4, -0.2) is 28.4 Å². The fourth-order valence-corrected chi connectivity index (χ4v) is 3.98. The molecular formula is C23H23N5O4S. The molecule has 4 rings (SSSR count). The number of benzene rings is 1. The summed E-state index contributed by atoms with van der Waals surface area (Å²) in [5.41, 5.74) is 3.42. The van der Waals surface area contributed by atoms with Gasteiger partial charge in [0.1, 0.15) is 17.2 Å². The molecule has 0 saturated carbocycles. The largest absolute Gasteiger partial charge is 0.458 e. The van der Waals surface area contributed by atoms with Crippen molar-refractivity contribution in [1.82, 2.24) is 10.3 Å². The predicted molar refractivity (Wildman–Crippen MR) is 126 cm³/mol. The Bertz CT molecular complexity index is 1260. The van der Waals surface area contributed by atoms with Gasteiger partial charge in [0, 0.05) is 25.1 Å².